The molecule has 1 saturated heterocycles. The highest BCUT2D eigenvalue weighted by molar-refractivity contribution is 5.97. The highest BCUT2D eigenvalue weighted by Crippen LogP contribution is 2.24. The molecule has 1 atom stereocenters. The summed E-state index contributed by atoms with van der Waals surface area (Å²) >= 11 is 0. The molecule has 0 aliphatic carbocycles. The van der Waals surface area contributed by atoms with Crippen LogP contribution in [-0.2, 0) is 0 Å². The molecule has 1 aliphatic heterocycles. The number of carbonyl (C=O) groups is 1. The van der Waals surface area contributed by atoms with Gasteiger partial charge in [-0.25, -0.2) is 0 Å². The van der Waals surface area contributed by atoms with E-state index in [1.807, 2.05) is 26.0 Å². The molecule has 1 heterocycles. The molecule has 0 radical (unpaired) electrons. The van der Waals surface area contributed by atoms with Crippen molar-refractivity contribution in [2.75, 3.05) is 13.7 Å². The molecule has 1 aliphatic rings. The zero-order chi connectivity index (χ0) is 14.5. The lowest BCUT2D eigenvalue weighted by Crippen LogP contribution is -2.34. The average molecular weight is 275 g/mol. The van der Waals surface area contributed by atoms with Crippen LogP contribution in [0.3, 0.4) is 0 Å². The Bertz CT molecular complexity index is 476. The van der Waals surface area contributed by atoms with Gasteiger partial charge in [-0.3, -0.25) is 4.79 Å². The van der Waals surface area contributed by atoms with Crippen molar-refractivity contribution < 1.29 is 9.53 Å². The topological polar surface area (TPSA) is 38.3 Å². The summed E-state index contributed by atoms with van der Waals surface area (Å²) in [4.78, 5) is 12.4. The van der Waals surface area contributed by atoms with E-state index < -0.39 is 0 Å². The van der Waals surface area contributed by atoms with Gasteiger partial charge in [0.25, 0.3) is 0 Å². The summed E-state index contributed by atoms with van der Waals surface area (Å²) in [6.07, 6.45) is 5.33. The van der Waals surface area contributed by atoms with E-state index in [1.165, 1.54) is 19.3 Å². The van der Waals surface area contributed by atoms with Crippen molar-refractivity contribution in [3.05, 3.63) is 28.8 Å². The van der Waals surface area contributed by atoms with Gasteiger partial charge in [0.05, 0.1) is 7.11 Å². The normalized spacial score (nSPS) is 18.9. The van der Waals surface area contributed by atoms with Gasteiger partial charge in [-0.05, 0) is 62.9 Å². The highest BCUT2D eigenvalue weighted by atomic mass is 16.5. The van der Waals surface area contributed by atoms with Crippen LogP contribution in [0.1, 0.15) is 53.6 Å². The lowest BCUT2D eigenvalue weighted by molar-refractivity contribution is 0.0973. The molecule has 2 rings (SSSR count). The van der Waals surface area contributed by atoms with Crippen molar-refractivity contribution in [3.63, 3.8) is 0 Å². The Morgan fingerprint density at radius 1 is 1.30 bits per heavy atom. The minimum atomic E-state index is 0.251. The first-order valence-corrected chi connectivity index (χ1v) is 7.53. The van der Waals surface area contributed by atoms with E-state index in [4.69, 9.17) is 4.74 Å². The van der Waals surface area contributed by atoms with Gasteiger partial charge in [-0.1, -0.05) is 6.42 Å². The predicted octanol–water partition coefficient (Wildman–Crippen LogP) is 3.42. The second-order valence-corrected chi connectivity index (χ2v) is 5.75. The quantitative estimate of drug-likeness (QED) is 0.837. The Morgan fingerprint density at radius 3 is 2.75 bits per heavy atom. The van der Waals surface area contributed by atoms with E-state index in [-0.39, 0.29) is 5.78 Å². The summed E-state index contributed by atoms with van der Waals surface area (Å²) in [5.41, 5.74) is 2.88. The highest BCUT2D eigenvalue weighted by Gasteiger charge is 2.16. The van der Waals surface area contributed by atoms with Gasteiger partial charge >= 0.3 is 0 Å². The minimum absolute atomic E-state index is 0.251. The molecule has 1 unspecified atom stereocenters. The maximum atomic E-state index is 12.4. The number of aryl methyl sites for hydroxylation is 2. The number of hydrogen-bond donors (Lipinski definition) is 1. The molecule has 20 heavy (non-hydrogen) atoms. The van der Waals surface area contributed by atoms with Gasteiger partial charge in [0.2, 0.25) is 0 Å². The maximum absolute atomic E-state index is 12.4. The second kappa shape index (κ2) is 6.89. The first-order valence-electron chi connectivity index (χ1n) is 7.53. The molecule has 1 aromatic carbocycles. The van der Waals surface area contributed by atoms with Crippen LogP contribution in [0.25, 0.3) is 0 Å². The van der Waals surface area contributed by atoms with Crippen LogP contribution < -0.4 is 10.1 Å². The number of ether oxygens (including phenoxy) is 1. The Hall–Kier alpha value is -1.35. The van der Waals surface area contributed by atoms with Gasteiger partial charge in [-0.2, -0.15) is 0 Å². The zero-order valence-corrected chi connectivity index (χ0v) is 12.8. The molecular formula is C17H25NO2. The fourth-order valence-corrected chi connectivity index (χ4v) is 2.92. The molecule has 1 fully saturated rings. The third-order valence-electron chi connectivity index (χ3n) is 4.17. The molecule has 110 valence electrons. The number of carbonyl (C=O) groups excluding carboxylic acids is 1. The minimum Gasteiger partial charge on any atom is -0.496 e. The van der Waals surface area contributed by atoms with E-state index in [0.717, 1.165) is 35.4 Å². The molecule has 0 aromatic heterocycles. The monoisotopic (exact) mass is 275 g/mol. The fraction of sp³-hybridized carbons (Fsp3) is 0.588. The number of ketones is 1. The Morgan fingerprint density at radius 2 is 2.10 bits per heavy atom. The van der Waals surface area contributed by atoms with Gasteiger partial charge < -0.3 is 10.1 Å². The molecule has 3 heteroatoms. The lowest BCUT2D eigenvalue weighted by atomic mass is 9.94. The van der Waals surface area contributed by atoms with Crippen LogP contribution in [0.15, 0.2) is 12.1 Å². The van der Waals surface area contributed by atoms with Crippen molar-refractivity contribution in [2.24, 2.45) is 0 Å². The van der Waals surface area contributed by atoms with Crippen LogP contribution in [0.2, 0.25) is 0 Å². The number of rotatable bonds is 5. The van der Waals surface area contributed by atoms with Crippen LogP contribution in [0.4, 0.5) is 0 Å². The summed E-state index contributed by atoms with van der Waals surface area (Å²) in [5, 5.41) is 3.50. The van der Waals surface area contributed by atoms with Gasteiger partial charge in [-0.15, -0.1) is 0 Å². The Labute approximate surface area is 121 Å². The SMILES string of the molecule is COc1cc(C)c(C(=O)CCC2CCCCN2)cc1C. The molecule has 0 saturated carbocycles. The fourth-order valence-electron chi connectivity index (χ4n) is 2.92. The van der Waals surface area contributed by atoms with Gasteiger partial charge in [0, 0.05) is 18.0 Å². The number of nitrogens with one attached hydrogen (secondary N) is 1. The third kappa shape index (κ3) is 3.60. The van der Waals surface area contributed by atoms with E-state index in [0.29, 0.717) is 12.5 Å². The van der Waals surface area contributed by atoms with Crippen LogP contribution in [0, 0.1) is 13.8 Å². The number of piperidine rings is 1. The van der Waals surface area contributed by atoms with Gasteiger partial charge in [0.15, 0.2) is 5.78 Å². The van der Waals surface area contributed by atoms with Crippen molar-refractivity contribution in [1.82, 2.24) is 5.32 Å². The number of benzene rings is 1. The molecule has 1 aromatic rings. The van der Waals surface area contributed by atoms with Gasteiger partial charge in [0.1, 0.15) is 5.75 Å². The molecule has 0 amide bonds. The number of hydrogen-bond acceptors (Lipinski definition) is 3. The second-order valence-electron chi connectivity index (χ2n) is 5.75. The number of Topliss-reactive ketones (excluding diaryl/α,β-unsaturated/α-hetero) is 1. The molecule has 0 bridgehead atoms. The lowest BCUT2D eigenvalue weighted by Gasteiger charge is -2.23. The maximum Gasteiger partial charge on any atom is 0.163 e. The van der Waals surface area contributed by atoms with Crippen molar-refractivity contribution in [3.8, 4) is 5.75 Å². The molecular weight excluding hydrogens is 250 g/mol. The van der Waals surface area contributed by atoms with E-state index in [9.17, 15) is 4.79 Å². The summed E-state index contributed by atoms with van der Waals surface area (Å²) < 4.78 is 5.29. The average Bonchev–Trinajstić information content (AvgIpc) is 2.47. The predicted molar refractivity (Wildman–Crippen MR) is 81.7 cm³/mol. The largest absolute Gasteiger partial charge is 0.496 e. The zero-order valence-electron chi connectivity index (χ0n) is 12.8. The Balaban J connectivity index is 1.99. The van der Waals surface area contributed by atoms with Crippen molar-refractivity contribution in [1.29, 1.82) is 0 Å². The molecule has 3 nitrogen and oxygen atoms in total. The van der Waals surface area contributed by atoms with Crippen LogP contribution in [-0.4, -0.2) is 25.5 Å². The smallest absolute Gasteiger partial charge is 0.163 e. The summed E-state index contributed by atoms with van der Waals surface area (Å²) in [5.74, 6) is 1.11. The summed E-state index contributed by atoms with van der Waals surface area (Å²) in [6, 6.07) is 4.44. The molecule has 0 spiro atoms. The first-order chi connectivity index (χ1) is 9.61. The van der Waals surface area contributed by atoms with Crippen LogP contribution >= 0.6 is 0 Å². The standard InChI is InChI=1S/C17H25NO2/c1-12-11-17(20-3)13(2)10-15(12)16(19)8-7-14-6-4-5-9-18-14/h10-11,14,18H,4-9H2,1-3H3. The first kappa shape index (κ1) is 15.0. The van der Waals surface area contributed by atoms with E-state index in [2.05, 4.69) is 5.32 Å². The molecule has 1 N–H and O–H groups in total. The number of methoxy groups -OCH3 is 1. The van der Waals surface area contributed by atoms with Crippen molar-refractivity contribution in [2.45, 2.75) is 52.0 Å². The van der Waals surface area contributed by atoms with Crippen LogP contribution in [0.5, 0.6) is 5.75 Å². The Kier molecular flexibility index (Phi) is 5.18. The summed E-state index contributed by atoms with van der Waals surface area (Å²) in [6.45, 7) is 5.06. The van der Waals surface area contributed by atoms with E-state index >= 15 is 0 Å². The van der Waals surface area contributed by atoms with E-state index in [1.54, 1.807) is 7.11 Å². The third-order valence-corrected chi connectivity index (χ3v) is 4.17. The summed E-state index contributed by atoms with van der Waals surface area (Å²) in [7, 11) is 1.66. The van der Waals surface area contributed by atoms with Crippen molar-refractivity contribution >= 4 is 5.78 Å².